The van der Waals surface area contributed by atoms with E-state index in [1.807, 2.05) is 18.3 Å². The maximum Gasteiger partial charge on any atom is 0.308 e. The average molecular weight is 182 g/mol. The molecule has 0 aromatic rings. The van der Waals surface area contributed by atoms with Gasteiger partial charge in [-0.2, -0.15) is 5.10 Å². The Labute approximate surface area is 77.2 Å². The number of hydrogen-bond acceptors (Lipinski definition) is 3. The lowest BCUT2D eigenvalue weighted by atomic mass is 9.78. The summed E-state index contributed by atoms with van der Waals surface area (Å²) in [6, 6.07) is 0.103. The van der Waals surface area contributed by atoms with Crippen LogP contribution in [0.4, 0.5) is 0 Å². The van der Waals surface area contributed by atoms with Crippen LogP contribution in [0.15, 0.2) is 5.10 Å². The van der Waals surface area contributed by atoms with Gasteiger partial charge in [0.15, 0.2) is 0 Å². The molecule has 0 bridgehead atoms. The molecule has 1 N–H and O–H groups in total. The second-order valence-corrected chi connectivity index (χ2v) is 3.87. The van der Waals surface area contributed by atoms with Gasteiger partial charge in [0, 0.05) is 19.2 Å². The van der Waals surface area contributed by atoms with Crippen molar-refractivity contribution in [1.82, 2.24) is 5.01 Å². The number of nitrogens with zero attached hydrogens (tertiary/aromatic N) is 2. The third-order valence-corrected chi connectivity index (χ3v) is 3.09. The zero-order valence-electron chi connectivity index (χ0n) is 7.68. The Morgan fingerprint density at radius 3 is 3.08 bits per heavy atom. The van der Waals surface area contributed by atoms with Gasteiger partial charge in [-0.15, -0.1) is 0 Å². The van der Waals surface area contributed by atoms with Crippen LogP contribution in [0.2, 0.25) is 0 Å². The predicted octanol–water partition coefficient (Wildman–Crippen LogP) is 0.787. The van der Waals surface area contributed by atoms with Gasteiger partial charge in [-0.3, -0.25) is 9.80 Å². The first-order valence-electron chi connectivity index (χ1n) is 4.70. The van der Waals surface area contributed by atoms with Gasteiger partial charge < -0.3 is 5.11 Å². The highest BCUT2D eigenvalue weighted by molar-refractivity contribution is 5.74. The first-order valence-corrected chi connectivity index (χ1v) is 4.70. The number of carbonyl (C=O) groups is 1. The van der Waals surface area contributed by atoms with Gasteiger partial charge in [0.2, 0.25) is 0 Å². The minimum atomic E-state index is -0.674. The Balaban J connectivity index is 2.17. The lowest BCUT2D eigenvalue weighted by molar-refractivity contribution is -0.145. The number of hydrazone groups is 1. The van der Waals surface area contributed by atoms with E-state index in [4.69, 9.17) is 5.11 Å². The molecule has 0 radical (unpaired) electrons. The third-order valence-electron chi connectivity index (χ3n) is 3.09. The van der Waals surface area contributed by atoms with Crippen LogP contribution in [-0.2, 0) is 4.79 Å². The topological polar surface area (TPSA) is 52.9 Å². The second-order valence-electron chi connectivity index (χ2n) is 3.87. The zero-order valence-corrected chi connectivity index (χ0v) is 7.68. The highest BCUT2D eigenvalue weighted by Crippen LogP contribution is 2.34. The summed E-state index contributed by atoms with van der Waals surface area (Å²) in [4.78, 5) is 11.0. The highest BCUT2D eigenvalue weighted by Gasteiger charge is 2.41. The van der Waals surface area contributed by atoms with Gasteiger partial charge in [0.1, 0.15) is 0 Å². The summed E-state index contributed by atoms with van der Waals surface area (Å²) in [5.74, 6) is -0.543. The molecule has 1 saturated carbocycles. The summed E-state index contributed by atoms with van der Waals surface area (Å²) in [6.45, 7) is 0. The van der Waals surface area contributed by atoms with E-state index in [0.717, 1.165) is 19.3 Å². The molecule has 13 heavy (non-hydrogen) atoms. The molecule has 0 aromatic carbocycles. The first kappa shape index (κ1) is 8.53. The summed E-state index contributed by atoms with van der Waals surface area (Å²) >= 11 is 0. The van der Waals surface area contributed by atoms with Crippen LogP contribution in [0.1, 0.15) is 19.3 Å². The molecule has 0 aromatic heterocycles. The SMILES string of the molecule is CN1N=CC2CCCC(C(=O)O)C21. The second kappa shape index (κ2) is 3.01. The van der Waals surface area contributed by atoms with Crippen molar-refractivity contribution in [3.63, 3.8) is 0 Å². The van der Waals surface area contributed by atoms with Crippen molar-refractivity contribution >= 4 is 12.2 Å². The van der Waals surface area contributed by atoms with E-state index in [-0.39, 0.29) is 12.0 Å². The van der Waals surface area contributed by atoms with Crippen molar-refractivity contribution in [1.29, 1.82) is 0 Å². The summed E-state index contributed by atoms with van der Waals surface area (Å²) in [6.07, 6.45) is 4.80. The molecular formula is C9H14N2O2. The molecule has 1 heterocycles. The van der Waals surface area contributed by atoms with Crippen molar-refractivity contribution in [2.45, 2.75) is 25.3 Å². The number of rotatable bonds is 1. The Bertz CT molecular complexity index is 252. The highest BCUT2D eigenvalue weighted by atomic mass is 16.4. The van der Waals surface area contributed by atoms with Crippen molar-refractivity contribution in [2.75, 3.05) is 7.05 Å². The van der Waals surface area contributed by atoms with Crippen LogP contribution < -0.4 is 0 Å². The number of aliphatic carboxylic acids is 1. The Kier molecular flexibility index (Phi) is 1.98. The third kappa shape index (κ3) is 1.30. The van der Waals surface area contributed by atoms with Gasteiger partial charge in [-0.1, -0.05) is 6.42 Å². The molecule has 1 aliphatic heterocycles. The van der Waals surface area contributed by atoms with Crippen molar-refractivity contribution in [2.24, 2.45) is 16.9 Å². The van der Waals surface area contributed by atoms with Crippen LogP contribution >= 0.6 is 0 Å². The lowest BCUT2D eigenvalue weighted by Crippen LogP contribution is -2.43. The average Bonchev–Trinajstić information content (AvgIpc) is 2.48. The largest absolute Gasteiger partial charge is 0.481 e. The Morgan fingerprint density at radius 2 is 2.38 bits per heavy atom. The minimum absolute atomic E-state index is 0.103. The molecule has 4 heteroatoms. The van der Waals surface area contributed by atoms with Crippen LogP contribution in [0.5, 0.6) is 0 Å². The summed E-state index contributed by atoms with van der Waals surface area (Å²) in [7, 11) is 1.86. The molecule has 2 rings (SSSR count). The van der Waals surface area contributed by atoms with Crippen LogP contribution in [0, 0.1) is 11.8 Å². The van der Waals surface area contributed by atoms with Crippen LogP contribution in [0.25, 0.3) is 0 Å². The molecule has 3 atom stereocenters. The minimum Gasteiger partial charge on any atom is -0.481 e. The van der Waals surface area contributed by atoms with Gasteiger partial charge in [-0.25, -0.2) is 0 Å². The number of hydrogen-bond donors (Lipinski definition) is 1. The summed E-state index contributed by atoms with van der Waals surface area (Å²) in [5.41, 5.74) is 0. The number of carboxylic acids is 1. The standard InChI is InChI=1S/C9H14N2O2/c1-11-8-6(5-10-11)3-2-4-7(8)9(12)13/h5-8H,2-4H2,1H3,(H,12,13). The van der Waals surface area contributed by atoms with E-state index >= 15 is 0 Å². The van der Waals surface area contributed by atoms with E-state index in [9.17, 15) is 4.79 Å². The fraction of sp³-hybridized carbons (Fsp3) is 0.778. The van der Waals surface area contributed by atoms with Crippen molar-refractivity contribution < 1.29 is 9.90 Å². The molecule has 0 amide bonds. The molecule has 3 unspecified atom stereocenters. The number of fused-ring (bicyclic) bond motifs is 1. The van der Waals surface area contributed by atoms with Crippen molar-refractivity contribution in [3.05, 3.63) is 0 Å². The van der Waals surface area contributed by atoms with Gasteiger partial charge in [-0.05, 0) is 12.8 Å². The Morgan fingerprint density at radius 1 is 1.62 bits per heavy atom. The molecular weight excluding hydrogens is 168 g/mol. The Hall–Kier alpha value is -1.06. The monoisotopic (exact) mass is 182 g/mol. The molecule has 0 spiro atoms. The molecule has 1 aliphatic carbocycles. The zero-order chi connectivity index (χ0) is 9.42. The lowest BCUT2D eigenvalue weighted by Gasteiger charge is -2.33. The quantitative estimate of drug-likeness (QED) is 0.652. The fourth-order valence-corrected chi connectivity index (χ4v) is 2.45. The maximum atomic E-state index is 11.0. The molecule has 2 aliphatic rings. The molecule has 72 valence electrons. The van der Waals surface area contributed by atoms with E-state index in [1.54, 1.807) is 0 Å². The maximum absolute atomic E-state index is 11.0. The smallest absolute Gasteiger partial charge is 0.308 e. The predicted molar refractivity (Wildman–Crippen MR) is 48.5 cm³/mol. The number of carboxylic acid groups (broad SMARTS) is 1. The van der Waals surface area contributed by atoms with Gasteiger partial charge >= 0.3 is 5.97 Å². The van der Waals surface area contributed by atoms with E-state index in [1.165, 1.54) is 0 Å². The molecule has 0 saturated heterocycles. The molecule has 4 nitrogen and oxygen atoms in total. The van der Waals surface area contributed by atoms with Gasteiger partial charge in [0.25, 0.3) is 0 Å². The summed E-state index contributed by atoms with van der Waals surface area (Å²) in [5, 5.41) is 15.0. The first-order chi connectivity index (χ1) is 6.20. The van der Waals surface area contributed by atoms with Gasteiger partial charge in [0.05, 0.1) is 12.0 Å². The van der Waals surface area contributed by atoms with Crippen LogP contribution in [-0.4, -0.2) is 35.4 Å². The molecule has 1 fully saturated rings. The van der Waals surface area contributed by atoms with Crippen LogP contribution in [0.3, 0.4) is 0 Å². The summed E-state index contributed by atoms with van der Waals surface area (Å²) < 4.78 is 0. The van der Waals surface area contributed by atoms with E-state index < -0.39 is 5.97 Å². The van der Waals surface area contributed by atoms with E-state index in [2.05, 4.69) is 5.10 Å². The fourth-order valence-electron chi connectivity index (χ4n) is 2.45. The van der Waals surface area contributed by atoms with Crippen molar-refractivity contribution in [3.8, 4) is 0 Å². The van der Waals surface area contributed by atoms with E-state index in [0.29, 0.717) is 5.92 Å². The normalized spacial score (nSPS) is 37.6.